The molecule has 3 aromatic rings. The molecule has 1 fully saturated rings. The van der Waals surface area contributed by atoms with Crippen LogP contribution in [0.25, 0.3) is 0 Å². The molecule has 4 N–H and O–H groups in total. The van der Waals surface area contributed by atoms with E-state index in [2.05, 4.69) is 31.5 Å². The van der Waals surface area contributed by atoms with Crippen molar-refractivity contribution >= 4 is 70.1 Å². The highest BCUT2D eigenvalue weighted by molar-refractivity contribution is 8.01. The summed E-state index contributed by atoms with van der Waals surface area (Å²) in [5, 5.41) is 30.7. The van der Waals surface area contributed by atoms with Crippen LogP contribution in [-0.4, -0.2) is 89.3 Å². The fourth-order valence-corrected chi connectivity index (χ4v) is 7.32. The predicted molar refractivity (Wildman–Crippen MR) is 155 cm³/mol. The predicted octanol–water partition coefficient (Wildman–Crippen LogP) is 1.35. The largest absolute Gasteiger partial charge is 0.477 e. The van der Waals surface area contributed by atoms with Crippen LogP contribution in [0.15, 0.2) is 58.2 Å². The summed E-state index contributed by atoms with van der Waals surface area (Å²) in [5.41, 5.74) is 1.50. The van der Waals surface area contributed by atoms with E-state index in [-0.39, 0.29) is 24.4 Å². The number of carbonyl (C=O) groups is 5. The van der Waals surface area contributed by atoms with Crippen molar-refractivity contribution in [3.8, 4) is 0 Å². The molecule has 2 aliphatic heterocycles. The normalized spacial score (nSPS) is 17.7. The minimum atomic E-state index is -1.21. The molecule has 2 aromatic heterocycles. The number of carboxylic acid groups (broad SMARTS) is 1. The molecule has 1 aromatic carbocycles. The monoisotopic (exact) mass is 628 g/mol. The number of benzene rings is 1. The van der Waals surface area contributed by atoms with Crippen LogP contribution in [0.5, 0.6) is 0 Å². The van der Waals surface area contributed by atoms with E-state index in [4.69, 9.17) is 0 Å². The highest BCUT2D eigenvalue weighted by Gasteiger charge is 2.54. The zero-order chi connectivity index (χ0) is 29.8. The van der Waals surface area contributed by atoms with Crippen molar-refractivity contribution in [2.24, 2.45) is 7.05 Å². The summed E-state index contributed by atoms with van der Waals surface area (Å²) in [4.78, 5) is 64.0. The first kappa shape index (κ1) is 29.3. The maximum atomic E-state index is 13.0. The minimum absolute atomic E-state index is 0.0651. The number of carboxylic acids is 1. The summed E-state index contributed by atoms with van der Waals surface area (Å²) in [7, 11) is 1.67. The summed E-state index contributed by atoms with van der Waals surface area (Å²) in [6, 6.07) is 8.65. The van der Waals surface area contributed by atoms with Crippen molar-refractivity contribution in [3.05, 3.63) is 63.5 Å². The minimum Gasteiger partial charge on any atom is -0.477 e. The second-order valence-electron chi connectivity index (χ2n) is 9.17. The molecule has 1 saturated heterocycles. The lowest BCUT2D eigenvalue weighted by Gasteiger charge is -2.49. The average Bonchev–Trinajstić information content (AvgIpc) is 3.65. The molecule has 4 amide bonds. The van der Waals surface area contributed by atoms with E-state index in [9.17, 15) is 29.1 Å². The Labute approximate surface area is 251 Å². The number of nitrogens with one attached hydrogen (secondary N) is 3. The maximum Gasteiger partial charge on any atom is 0.352 e. The fraction of sp³-hybridized carbons (Fsp3) is 0.280. The number of hydrogen-bond acceptors (Lipinski definition) is 11. The van der Waals surface area contributed by atoms with E-state index >= 15 is 0 Å². The quantitative estimate of drug-likeness (QED) is 0.136. The van der Waals surface area contributed by atoms with Gasteiger partial charge in [-0.1, -0.05) is 30.0 Å². The molecule has 0 radical (unpaired) electrons. The Bertz CT molecular complexity index is 1570. The number of ketones is 1. The second kappa shape index (κ2) is 12.7. The molecule has 4 heterocycles. The molecule has 218 valence electrons. The third kappa shape index (κ3) is 6.47. The van der Waals surface area contributed by atoms with Gasteiger partial charge in [0.05, 0.1) is 17.8 Å². The van der Waals surface area contributed by atoms with Gasteiger partial charge in [0.2, 0.25) is 11.1 Å². The highest BCUT2D eigenvalue weighted by atomic mass is 32.2. The molecule has 0 bridgehead atoms. The number of nitrogens with zero attached hydrogens (tertiary/aromatic N) is 5. The van der Waals surface area contributed by atoms with Crippen LogP contribution < -0.4 is 16.0 Å². The van der Waals surface area contributed by atoms with Gasteiger partial charge in [-0.25, -0.2) is 14.3 Å². The van der Waals surface area contributed by atoms with Crippen LogP contribution >= 0.6 is 34.9 Å². The topological polar surface area (TPSA) is 189 Å². The number of tetrazole rings is 1. The van der Waals surface area contributed by atoms with E-state index in [1.165, 1.54) is 44.4 Å². The van der Waals surface area contributed by atoms with Gasteiger partial charge in [0.15, 0.2) is 5.78 Å². The van der Waals surface area contributed by atoms with Crippen molar-refractivity contribution in [2.75, 3.05) is 23.4 Å². The number of β-lactam (4-membered cyclic amide) rings is 1. The summed E-state index contributed by atoms with van der Waals surface area (Å²) < 4.78 is 1.47. The molecule has 0 saturated carbocycles. The maximum absolute atomic E-state index is 13.0. The number of amides is 4. The average molecular weight is 629 g/mol. The molecule has 42 heavy (non-hydrogen) atoms. The van der Waals surface area contributed by atoms with Gasteiger partial charge in [0, 0.05) is 24.2 Å². The Kier molecular flexibility index (Phi) is 8.89. The SMILES string of the molecule is Cn1nnnc1SCC1=C(C(=O)O)N2C(=O)[C@H](NC(=O)Cc3cccc(NC(=O)NCC(=O)c4cccs4)c3)[C@@H]2SC1. The van der Waals surface area contributed by atoms with Crippen LogP contribution in [0, 0.1) is 0 Å². The van der Waals surface area contributed by atoms with Gasteiger partial charge < -0.3 is 21.1 Å². The third-order valence-electron chi connectivity index (χ3n) is 6.28. The van der Waals surface area contributed by atoms with Gasteiger partial charge in [0.1, 0.15) is 17.1 Å². The van der Waals surface area contributed by atoms with Crippen LogP contribution in [0.1, 0.15) is 15.2 Å². The first-order valence-electron chi connectivity index (χ1n) is 12.5. The van der Waals surface area contributed by atoms with Crippen molar-refractivity contribution < 1.29 is 29.1 Å². The third-order valence-corrected chi connectivity index (χ3v) is 9.63. The number of aliphatic carboxylic acids is 1. The number of urea groups is 1. The Morgan fingerprint density at radius 3 is 2.74 bits per heavy atom. The number of hydrogen-bond donors (Lipinski definition) is 4. The molecule has 14 nitrogen and oxygen atoms in total. The van der Waals surface area contributed by atoms with Gasteiger partial charge in [-0.2, -0.15) is 0 Å². The molecule has 5 rings (SSSR count). The number of thioether (sulfide) groups is 2. The number of rotatable bonds is 11. The van der Waals surface area contributed by atoms with Gasteiger partial charge >= 0.3 is 12.0 Å². The number of fused-ring (bicyclic) bond motifs is 1. The Morgan fingerprint density at radius 1 is 1.19 bits per heavy atom. The number of aromatic nitrogens is 4. The fourth-order valence-electron chi connectivity index (χ4n) is 4.32. The highest BCUT2D eigenvalue weighted by Crippen LogP contribution is 2.41. The van der Waals surface area contributed by atoms with Crippen LogP contribution in [0.4, 0.5) is 10.5 Å². The van der Waals surface area contributed by atoms with Gasteiger partial charge in [-0.15, -0.1) is 28.2 Å². The van der Waals surface area contributed by atoms with E-state index < -0.39 is 35.2 Å². The summed E-state index contributed by atoms with van der Waals surface area (Å²) >= 11 is 3.94. The zero-order valence-electron chi connectivity index (χ0n) is 22.0. The Morgan fingerprint density at radius 2 is 2.02 bits per heavy atom. The Balaban J connectivity index is 1.14. The van der Waals surface area contributed by atoms with Crippen molar-refractivity contribution in [1.82, 2.24) is 35.7 Å². The Hall–Kier alpha value is -4.22. The lowest BCUT2D eigenvalue weighted by atomic mass is 10.0. The van der Waals surface area contributed by atoms with Crippen molar-refractivity contribution in [2.45, 2.75) is 23.0 Å². The number of Topliss-reactive ketones (excluding diaryl/α,β-unsaturated/α-hetero) is 1. The van der Waals surface area contributed by atoms with E-state index in [1.54, 1.807) is 48.8 Å². The van der Waals surface area contributed by atoms with Gasteiger partial charge in [0.25, 0.3) is 5.91 Å². The number of carbonyl (C=O) groups excluding carboxylic acids is 4. The standard InChI is InChI=1S/C25H24N8O6S3/c1-32-25(29-30-31-32)42-12-14-11-41-22-19(21(36)33(22)20(14)23(37)38)28-18(35)9-13-4-2-5-15(8-13)27-24(39)26-10-16(34)17-6-3-7-40-17/h2-8,19,22H,9-12H2,1H3,(H,28,35)(H,37,38)(H2,26,27,39)/t19-,22-/m0/s1. The second-order valence-corrected chi connectivity index (χ2v) is 12.2. The van der Waals surface area contributed by atoms with Crippen LogP contribution in [-0.2, 0) is 27.9 Å². The smallest absolute Gasteiger partial charge is 0.352 e. The molecule has 0 aliphatic carbocycles. The molecule has 2 aliphatic rings. The summed E-state index contributed by atoms with van der Waals surface area (Å²) in [5.74, 6) is -1.67. The van der Waals surface area contributed by atoms with Crippen molar-refractivity contribution in [3.63, 3.8) is 0 Å². The first-order chi connectivity index (χ1) is 20.2. The summed E-state index contributed by atoms with van der Waals surface area (Å²) in [6.45, 7) is -0.155. The van der Waals surface area contributed by atoms with E-state index in [1.807, 2.05) is 0 Å². The molecular weight excluding hydrogens is 605 g/mol. The van der Waals surface area contributed by atoms with Crippen LogP contribution in [0.3, 0.4) is 0 Å². The molecular formula is C25H24N8O6S3. The number of thiophene rings is 1. The van der Waals surface area contributed by atoms with E-state index in [0.717, 1.165) is 0 Å². The molecule has 0 spiro atoms. The first-order valence-corrected chi connectivity index (χ1v) is 15.4. The summed E-state index contributed by atoms with van der Waals surface area (Å²) in [6.07, 6.45) is -0.0651. The lowest BCUT2D eigenvalue weighted by Crippen LogP contribution is -2.70. The molecule has 17 heteroatoms. The van der Waals surface area contributed by atoms with Gasteiger partial charge in [-0.05, 0) is 45.1 Å². The van der Waals surface area contributed by atoms with Gasteiger partial charge in [-0.3, -0.25) is 19.3 Å². The number of aryl methyl sites for hydroxylation is 1. The molecule has 0 unspecified atom stereocenters. The van der Waals surface area contributed by atoms with Crippen molar-refractivity contribution in [1.29, 1.82) is 0 Å². The number of anilines is 1. The van der Waals surface area contributed by atoms with E-state index in [0.29, 0.717) is 38.4 Å². The zero-order valence-corrected chi connectivity index (χ0v) is 24.4. The molecule has 2 atom stereocenters. The lowest BCUT2D eigenvalue weighted by molar-refractivity contribution is -0.150. The van der Waals surface area contributed by atoms with Crippen LogP contribution in [0.2, 0.25) is 0 Å².